The molecule has 0 saturated heterocycles. The fraction of sp³-hybridized carbons (Fsp3) is 0.130. The summed E-state index contributed by atoms with van der Waals surface area (Å²) < 4.78 is 1.44. The van der Waals surface area contributed by atoms with Crippen LogP contribution in [0.15, 0.2) is 83.7 Å². The summed E-state index contributed by atoms with van der Waals surface area (Å²) in [4.78, 5) is 15.0. The van der Waals surface area contributed by atoms with Crippen LogP contribution in [0.25, 0.3) is 27.7 Å². The largest absolute Gasteiger partial charge is 0.376 e. The lowest BCUT2D eigenvalue weighted by atomic mass is 10.1. The molecule has 0 aliphatic carbocycles. The van der Waals surface area contributed by atoms with E-state index in [2.05, 4.69) is 0 Å². The van der Waals surface area contributed by atoms with Gasteiger partial charge in [-0.15, -0.1) is 0 Å². The maximum atomic E-state index is 13.2. The Hall–Kier alpha value is -3.44. The van der Waals surface area contributed by atoms with Crippen LogP contribution in [0, 0.1) is 0 Å². The zero-order valence-electron chi connectivity index (χ0n) is 15.6. The highest BCUT2D eigenvalue weighted by molar-refractivity contribution is 5.93. The summed E-state index contributed by atoms with van der Waals surface area (Å²) in [5.74, 6) is 0. The zero-order chi connectivity index (χ0) is 19.5. The Morgan fingerprint density at radius 2 is 1.64 bits per heavy atom. The first kappa shape index (κ1) is 17.9. The summed E-state index contributed by atoms with van der Waals surface area (Å²) >= 11 is 0. The Morgan fingerprint density at radius 1 is 0.929 bits per heavy atom. The van der Waals surface area contributed by atoms with Crippen molar-refractivity contribution in [3.63, 3.8) is 0 Å². The lowest BCUT2D eigenvalue weighted by Crippen LogP contribution is -2.25. The molecule has 4 rings (SSSR count). The van der Waals surface area contributed by atoms with Crippen molar-refractivity contribution in [2.45, 2.75) is 6.92 Å². The van der Waals surface area contributed by atoms with Crippen LogP contribution in [0.2, 0.25) is 0 Å². The van der Waals surface area contributed by atoms with E-state index in [4.69, 9.17) is 5.10 Å². The highest BCUT2D eigenvalue weighted by Gasteiger charge is 2.14. The quantitative estimate of drug-likeness (QED) is 0.542. The van der Waals surface area contributed by atoms with Crippen LogP contribution in [0.1, 0.15) is 6.92 Å². The van der Waals surface area contributed by atoms with E-state index in [0.29, 0.717) is 17.6 Å². The fourth-order valence-corrected chi connectivity index (χ4v) is 3.36. The van der Waals surface area contributed by atoms with Gasteiger partial charge in [-0.25, -0.2) is 0 Å². The zero-order valence-corrected chi connectivity index (χ0v) is 15.6. The van der Waals surface area contributed by atoms with Gasteiger partial charge in [0, 0.05) is 23.2 Å². The van der Waals surface area contributed by atoms with Crippen molar-refractivity contribution < 1.29 is 5.11 Å². The molecular weight excluding hydrogens is 350 g/mol. The van der Waals surface area contributed by atoms with Crippen LogP contribution < -0.4 is 10.5 Å². The minimum absolute atomic E-state index is 0.0880. The second-order valence-electron chi connectivity index (χ2n) is 6.49. The molecule has 140 valence electrons. The van der Waals surface area contributed by atoms with E-state index in [1.54, 1.807) is 0 Å². The van der Waals surface area contributed by atoms with Crippen molar-refractivity contribution in [1.29, 1.82) is 0 Å². The molecule has 5 nitrogen and oxygen atoms in total. The Labute approximate surface area is 163 Å². The Kier molecular flexibility index (Phi) is 4.91. The molecule has 1 N–H and O–H groups in total. The number of aromatic nitrogens is 2. The maximum Gasteiger partial charge on any atom is 0.279 e. The third kappa shape index (κ3) is 3.17. The van der Waals surface area contributed by atoms with Crippen molar-refractivity contribution in [2.24, 2.45) is 0 Å². The van der Waals surface area contributed by atoms with Crippen LogP contribution in [-0.4, -0.2) is 28.2 Å². The second kappa shape index (κ2) is 7.66. The summed E-state index contributed by atoms with van der Waals surface area (Å²) in [7, 11) is 0. The van der Waals surface area contributed by atoms with E-state index in [9.17, 15) is 9.90 Å². The predicted octanol–water partition coefficient (Wildman–Crippen LogP) is 3.83. The minimum Gasteiger partial charge on any atom is -0.376 e. The van der Waals surface area contributed by atoms with Crippen molar-refractivity contribution in [3.05, 3.63) is 89.2 Å². The van der Waals surface area contributed by atoms with Crippen LogP contribution in [0.5, 0.6) is 0 Å². The first-order valence-electron chi connectivity index (χ1n) is 9.26. The fourth-order valence-electron chi connectivity index (χ4n) is 3.36. The molecule has 1 heterocycles. The Bertz CT molecular complexity index is 1170. The van der Waals surface area contributed by atoms with Gasteiger partial charge in [-0.1, -0.05) is 54.6 Å². The predicted molar refractivity (Wildman–Crippen MR) is 113 cm³/mol. The average Bonchev–Trinajstić information content (AvgIpc) is 2.76. The monoisotopic (exact) mass is 371 g/mol. The summed E-state index contributed by atoms with van der Waals surface area (Å²) in [6.45, 7) is 2.54. The van der Waals surface area contributed by atoms with E-state index in [0.717, 1.165) is 22.3 Å². The van der Waals surface area contributed by atoms with E-state index in [1.807, 2.05) is 90.7 Å². The standard InChI is InChI=1S/C23H21N3O2/c1-2-25(16-27)18-11-8-12-19(15-18)26-23(28)21-14-7-6-13-20(21)22(24-26)17-9-4-3-5-10-17/h3-15,27H,2,16H2,1H3. The van der Waals surface area contributed by atoms with Crippen LogP contribution in [0.3, 0.4) is 0 Å². The van der Waals surface area contributed by atoms with Crippen LogP contribution >= 0.6 is 0 Å². The Morgan fingerprint density at radius 3 is 2.36 bits per heavy atom. The number of hydrogen-bond acceptors (Lipinski definition) is 4. The molecule has 0 amide bonds. The van der Waals surface area contributed by atoms with Crippen LogP contribution in [-0.2, 0) is 0 Å². The number of aliphatic hydroxyl groups is 1. The molecule has 1 aromatic heterocycles. The number of anilines is 1. The molecule has 0 radical (unpaired) electrons. The normalized spacial score (nSPS) is 10.9. The smallest absolute Gasteiger partial charge is 0.279 e. The van der Waals surface area contributed by atoms with E-state index in [1.165, 1.54) is 4.68 Å². The van der Waals surface area contributed by atoms with Gasteiger partial charge in [0.1, 0.15) is 6.73 Å². The van der Waals surface area contributed by atoms with Gasteiger partial charge in [-0.2, -0.15) is 9.78 Å². The lowest BCUT2D eigenvalue weighted by Gasteiger charge is -2.20. The van der Waals surface area contributed by atoms with Gasteiger partial charge >= 0.3 is 0 Å². The van der Waals surface area contributed by atoms with Crippen molar-refractivity contribution in [1.82, 2.24) is 9.78 Å². The number of benzene rings is 3. The molecule has 3 aromatic carbocycles. The molecule has 0 fully saturated rings. The minimum atomic E-state index is -0.167. The molecule has 0 aliphatic heterocycles. The maximum absolute atomic E-state index is 13.2. The van der Waals surface area contributed by atoms with E-state index in [-0.39, 0.29) is 12.3 Å². The molecule has 28 heavy (non-hydrogen) atoms. The third-order valence-electron chi connectivity index (χ3n) is 4.84. The van der Waals surface area contributed by atoms with Gasteiger partial charge in [-0.3, -0.25) is 4.79 Å². The number of fused-ring (bicyclic) bond motifs is 1. The van der Waals surface area contributed by atoms with E-state index >= 15 is 0 Å². The molecular formula is C23H21N3O2. The van der Waals surface area contributed by atoms with Gasteiger partial charge in [0.15, 0.2) is 0 Å². The van der Waals surface area contributed by atoms with Gasteiger partial charge in [0.25, 0.3) is 5.56 Å². The molecule has 0 aliphatic rings. The molecule has 0 unspecified atom stereocenters. The highest BCUT2D eigenvalue weighted by atomic mass is 16.3. The van der Waals surface area contributed by atoms with Gasteiger partial charge in [0.05, 0.1) is 16.8 Å². The third-order valence-corrected chi connectivity index (χ3v) is 4.84. The first-order valence-corrected chi connectivity index (χ1v) is 9.26. The Balaban J connectivity index is 1.97. The van der Waals surface area contributed by atoms with Gasteiger partial charge in [0.2, 0.25) is 0 Å². The summed E-state index contributed by atoms with van der Waals surface area (Å²) in [5, 5.41) is 15.7. The average molecular weight is 371 g/mol. The molecule has 0 saturated carbocycles. The lowest BCUT2D eigenvalue weighted by molar-refractivity contribution is 0.293. The SMILES string of the molecule is CCN(CO)c1cccc(-n2nc(-c3ccccc3)c3ccccc3c2=O)c1. The van der Waals surface area contributed by atoms with E-state index < -0.39 is 0 Å². The number of rotatable bonds is 5. The van der Waals surface area contributed by atoms with Gasteiger partial charge in [-0.05, 0) is 31.2 Å². The molecule has 4 aromatic rings. The number of hydrogen-bond donors (Lipinski definition) is 1. The summed E-state index contributed by atoms with van der Waals surface area (Å²) in [6.07, 6.45) is 0. The van der Waals surface area contributed by atoms with Gasteiger partial charge < -0.3 is 10.0 Å². The van der Waals surface area contributed by atoms with Crippen molar-refractivity contribution in [2.75, 3.05) is 18.2 Å². The molecule has 5 heteroatoms. The summed E-state index contributed by atoms with van der Waals surface area (Å²) in [5.41, 5.74) is 3.05. The van der Waals surface area contributed by atoms with Crippen LogP contribution in [0.4, 0.5) is 5.69 Å². The summed E-state index contributed by atoms with van der Waals surface area (Å²) in [6, 6.07) is 24.9. The molecule has 0 bridgehead atoms. The highest BCUT2D eigenvalue weighted by Crippen LogP contribution is 2.25. The first-order chi connectivity index (χ1) is 13.7. The van der Waals surface area contributed by atoms with Crippen molar-refractivity contribution in [3.8, 4) is 16.9 Å². The van der Waals surface area contributed by atoms with Crippen molar-refractivity contribution >= 4 is 16.5 Å². The molecule has 0 spiro atoms. The topological polar surface area (TPSA) is 58.4 Å². The number of nitrogens with zero attached hydrogens (tertiary/aromatic N) is 3. The second-order valence-corrected chi connectivity index (χ2v) is 6.49. The molecule has 0 atom stereocenters. The number of aliphatic hydroxyl groups excluding tert-OH is 1.